The minimum atomic E-state index is -0.706. The van der Waals surface area contributed by atoms with Gasteiger partial charge in [-0.3, -0.25) is 4.79 Å². The summed E-state index contributed by atoms with van der Waals surface area (Å²) in [7, 11) is 0. The Morgan fingerprint density at radius 1 is 1.16 bits per heavy atom. The minimum Gasteiger partial charge on any atom is -0.396 e. The average Bonchev–Trinajstić information content (AvgIpc) is 2.82. The lowest BCUT2D eigenvalue weighted by atomic mass is 9.87. The Labute approximate surface area is 153 Å². The van der Waals surface area contributed by atoms with Crippen LogP contribution in [0.5, 0.6) is 0 Å². The van der Waals surface area contributed by atoms with Crippen LogP contribution in [0.3, 0.4) is 0 Å². The van der Waals surface area contributed by atoms with Gasteiger partial charge in [0.15, 0.2) is 0 Å². The van der Waals surface area contributed by atoms with Crippen LogP contribution in [0.1, 0.15) is 84.5 Å². The van der Waals surface area contributed by atoms with Gasteiger partial charge < -0.3 is 15.3 Å². The quantitative estimate of drug-likeness (QED) is 0.347. The van der Waals surface area contributed by atoms with Crippen LogP contribution in [0, 0.1) is 11.8 Å². The standard InChI is InChI=1S/C21H38O4/c1-3-4-13-21(2,25)14-10-12-18-17(19(23)16-20(18)24)11-8-6-5-7-9-15-22/h10,12,17-18,20,22,24-25H,3-9,11,13-16H2,1-2H3/b12-10+/t17-,18-,20-,21?/m1/s1. The van der Waals surface area contributed by atoms with Crippen molar-refractivity contribution in [2.24, 2.45) is 11.8 Å². The second-order valence-corrected chi connectivity index (χ2v) is 7.93. The zero-order chi connectivity index (χ0) is 18.7. The summed E-state index contributed by atoms with van der Waals surface area (Å²) < 4.78 is 0. The highest BCUT2D eigenvalue weighted by atomic mass is 16.3. The first-order chi connectivity index (χ1) is 11.9. The van der Waals surface area contributed by atoms with Crippen LogP contribution < -0.4 is 0 Å². The third-order valence-electron chi connectivity index (χ3n) is 5.39. The number of carbonyl (C=O) groups excluding carboxylic acids is 1. The zero-order valence-electron chi connectivity index (χ0n) is 16.1. The number of hydrogen-bond acceptors (Lipinski definition) is 4. The van der Waals surface area contributed by atoms with E-state index in [4.69, 9.17) is 5.11 Å². The maximum absolute atomic E-state index is 12.2. The molecule has 1 aliphatic carbocycles. The first-order valence-electron chi connectivity index (χ1n) is 10.1. The number of unbranched alkanes of at least 4 members (excludes halogenated alkanes) is 5. The molecule has 4 heteroatoms. The first-order valence-corrected chi connectivity index (χ1v) is 10.1. The molecular formula is C21H38O4. The van der Waals surface area contributed by atoms with Gasteiger partial charge in [-0.05, 0) is 32.6 Å². The molecule has 146 valence electrons. The van der Waals surface area contributed by atoms with Gasteiger partial charge in [0.2, 0.25) is 0 Å². The molecule has 3 N–H and O–H groups in total. The second-order valence-electron chi connectivity index (χ2n) is 7.93. The van der Waals surface area contributed by atoms with Crippen molar-refractivity contribution in [1.29, 1.82) is 0 Å². The predicted octanol–water partition coefficient (Wildman–Crippen LogP) is 3.77. The maximum Gasteiger partial charge on any atom is 0.139 e. The highest BCUT2D eigenvalue weighted by molar-refractivity contribution is 5.84. The third-order valence-corrected chi connectivity index (χ3v) is 5.39. The van der Waals surface area contributed by atoms with E-state index in [1.54, 1.807) is 0 Å². The first kappa shape index (κ1) is 22.3. The fraction of sp³-hybridized carbons (Fsp3) is 0.857. The Kier molecular flexibility index (Phi) is 10.6. The van der Waals surface area contributed by atoms with Crippen molar-refractivity contribution < 1.29 is 20.1 Å². The molecule has 0 saturated heterocycles. The van der Waals surface area contributed by atoms with E-state index < -0.39 is 11.7 Å². The van der Waals surface area contributed by atoms with Gasteiger partial charge in [-0.25, -0.2) is 0 Å². The SMILES string of the molecule is CCCCC(C)(O)C/C=C/[C@H]1[C@H](O)CC(=O)[C@@H]1CCCCCCCO. The van der Waals surface area contributed by atoms with Crippen molar-refractivity contribution in [1.82, 2.24) is 0 Å². The van der Waals surface area contributed by atoms with E-state index in [1.165, 1.54) is 0 Å². The molecule has 0 aromatic heterocycles. The van der Waals surface area contributed by atoms with E-state index in [1.807, 2.05) is 19.1 Å². The molecule has 1 fully saturated rings. The Hall–Kier alpha value is -0.710. The van der Waals surface area contributed by atoms with E-state index in [-0.39, 0.29) is 30.6 Å². The predicted molar refractivity (Wildman–Crippen MR) is 101 cm³/mol. The van der Waals surface area contributed by atoms with Gasteiger partial charge in [-0.1, -0.05) is 57.6 Å². The summed E-state index contributed by atoms with van der Waals surface area (Å²) in [5.74, 6) is -0.00755. The third kappa shape index (κ3) is 8.48. The average molecular weight is 355 g/mol. The number of aliphatic hydroxyl groups is 3. The smallest absolute Gasteiger partial charge is 0.139 e. The van der Waals surface area contributed by atoms with Crippen LogP contribution in [-0.2, 0) is 4.79 Å². The van der Waals surface area contributed by atoms with E-state index in [2.05, 4.69) is 6.92 Å². The molecule has 1 rings (SSSR count). The van der Waals surface area contributed by atoms with Gasteiger partial charge in [-0.2, -0.15) is 0 Å². The lowest BCUT2D eigenvalue weighted by Gasteiger charge is -2.22. The molecule has 25 heavy (non-hydrogen) atoms. The van der Waals surface area contributed by atoms with Crippen molar-refractivity contribution in [2.45, 2.75) is 96.2 Å². The van der Waals surface area contributed by atoms with Gasteiger partial charge in [0, 0.05) is 24.9 Å². The highest BCUT2D eigenvalue weighted by Gasteiger charge is 2.39. The van der Waals surface area contributed by atoms with E-state index in [9.17, 15) is 15.0 Å². The molecule has 4 atom stereocenters. The summed E-state index contributed by atoms with van der Waals surface area (Å²) in [6.45, 7) is 4.22. The largest absolute Gasteiger partial charge is 0.396 e. The Balaban J connectivity index is 2.45. The number of carbonyl (C=O) groups is 1. The van der Waals surface area contributed by atoms with Crippen molar-refractivity contribution in [2.75, 3.05) is 6.61 Å². The molecule has 0 aromatic carbocycles. The summed E-state index contributed by atoms with van der Waals surface area (Å²) in [4.78, 5) is 12.2. The van der Waals surface area contributed by atoms with E-state index in [0.29, 0.717) is 6.42 Å². The molecule has 0 aliphatic heterocycles. The van der Waals surface area contributed by atoms with Gasteiger partial charge >= 0.3 is 0 Å². The van der Waals surface area contributed by atoms with Gasteiger partial charge in [0.1, 0.15) is 5.78 Å². The summed E-state index contributed by atoms with van der Waals surface area (Å²) in [6, 6.07) is 0. The molecule has 0 heterocycles. The van der Waals surface area contributed by atoms with Crippen LogP contribution in [0.2, 0.25) is 0 Å². The molecule has 0 amide bonds. The summed E-state index contributed by atoms with van der Waals surface area (Å²) in [6.07, 6.45) is 12.9. The second kappa shape index (κ2) is 11.8. The Bertz CT molecular complexity index is 403. The number of ketones is 1. The molecule has 1 saturated carbocycles. The van der Waals surface area contributed by atoms with Crippen LogP contribution in [0.15, 0.2) is 12.2 Å². The molecule has 0 bridgehead atoms. The fourth-order valence-electron chi connectivity index (χ4n) is 3.74. The molecule has 0 radical (unpaired) electrons. The van der Waals surface area contributed by atoms with Crippen LogP contribution in [0.25, 0.3) is 0 Å². The molecule has 1 unspecified atom stereocenters. The molecule has 4 nitrogen and oxygen atoms in total. The Morgan fingerprint density at radius 3 is 2.52 bits per heavy atom. The number of hydrogen-bond donors (Lipinski definition) is 3. The number of aliphatic hydroxyl groups excluding tert-OH is 2. The fourth-order valence-corrected chi connectivity index (χ4v) is 3.74. The van der Waals surface area contributed by atoms with Crippen LogP contribution in [-0.4, -0.2) is 39.4 Å². The van der Waals surface area contributed by atoms with Gasteiger partial charge in [0.05, 0.1) is 11.7 Å². The van der Waals surface area contributed by atoms with Crippen LogP contribution in [0.4, 0.5) is 0 Å². The van der Waals surface area contributed by atoms with Gasteiger partial charge in [-0.15, -0.1) is 0 Å². The number of Topliss-reactive ketones (excluding diaryl/α,β-unsaturated/α-hetero) is 1. The van der Waals surface area contributed by atoms with Crippen molar-refractivity contribution >= 4 is 5.78 Å². The highest BCUT2D eigenvalue weighted by Crippen LogP contribution is 2.34. The molecule has 0 spiro atoms. The normalized spacial score (nSPS) is 26.4. The minimum absolute atomic E-state index is 0.0790. The van der Waals surface area contributed by atoms with Crippen molar-refractivity contribution in [3.05, 3.63) is 12.2 Å². The number of rotatable bonds is 13. The maximum atomic E-state index is 12.2. The lowest BCUT2D eigenvalue weighted by Crippen LogP contribution is -2.23. The van der Waals surface area contributed by atoms with Crippen molar-refractivity contribution in [3.63, 3.8) is 0 Å². The zero-order valence-corrected chi connectivity index (χ0v) is 16.1. The van der Waals surface area contributed by atoms with E-state index in [0.717, 1.165) is 57.8 Å². The summed E-state index contributed by atoms with van der Waals surface area (Å²) >= 11 is 0. The van der Waals surface area contributed by atoms with Gasteiger partial charge in [0.25, 0.3) is 0 Å². The molecule has 1 aliphatic rings. The topological polar surface area (TPSA) is 77.8 Å². The lowest BCUT2D eigenvalue weighted by molar-refractivity contribution is -0.121. The summed E-state index contributed by atoms with van der Waals surface area (Å²) in [5, 5.41) is 29.3. The Morgan fingerprint density at radius 2 is 1.84 bits per heavy atom. The van der Waals surface area contributed by atoms with E-state index >= 15 is 0 Å². The summed E-state index contributed by atoms with van der Waals surface area (Å²) in [5.41, 5.74) is -0.706. The molecular weight excluding hydrogens is 316 g/mol. The van der Waals surface area contributed by atoms with Crippen LogP contribution >= 0.6 is 0 Å². The molecule has 0 aromatic rings. The monoisotopic (exact) mass is 354 g/mol. The van der Waals surface area contributed by atoms with Crippen molar-refractivity contribution in [3.8, 4) is 0 Å².